The molecule has 0 aliphatic rings. The molecule has 5 nitrogen and oxygen atoms in total. The van der Waals surface area contributed by atoms with Gasteiger partial charge in [-0.15, -0.1) is 0 Å². The van der Waals surface area contributed by atoms with Crippen molar-refractivity contribution in [2.45, 2.75) is 19.4 Å². The molecule has 0 saturated carbocycles. The zero-order valence-corrected chi connectivity index (χ0v) is 10.6. The number of halogens is 1. The molecule has 1 unspecified atom stereocenters. The van der Waals surface area contributed by atoms with Crippen LogP contribution in [0.25, 0.3) is 0 Å². The molecule has 0 aliphatic heterocycles. The molecule has 98 valence electrons. The van der Waals surface area contributed by atoms with Crippen LogP contribution in [0.2, 0.25) is 5.02 Å². The highest BCUT2D eigenvalue weighted by Gasteiger charge is 2.12. The number of aliphatic carboxylic acids is 1. The molecule has 2 N–H and O–H groups in total. The summed E-state index contributed by atoms with van der Waals surface area (Å²) in [7, 11) is 0. The minimum absolute atomic E-state index is 0.0680. The van der Waals surface area contributed by atoms with E-state index in [1.54, 1.807) is 31.2 Å². The molecule has 1 amide bonds. The molecule has 1 rings (SSSR count). The average Bonchev–Trinajstić information content (AvgIpc) is 2.29. The number of nitrogens with one attached hydrogen (secondary N) is 1. The number of para-hydroxylation sites is 1. The summed E-state index contributed by atoms with van der Waals surface area (Å²) < 4.78 is 5.48. The van der Waals surface area contributed by atoms with E-state index in [9.17, 15) is 9.59 Å². The first kappa shape index (κ1) is 14.3. The fourth-order valence-corrected chi connectivity index (χ4v) is 1.49. The standard InChI is InChI=1S/C12H14ClNO4/c1-8(6-11(15)14-7-12(16)17)18-10-5-3-2-4-9(10)13/h2-5,8H,6-7H2,1H3,(H,14,15)(H,16,17). The predicted octanol–water partition coefficient (Wildman–Crippen LogP) is 1.70. The topological polar surface area (TPSA) is 75.6 Å². The summed E-state index contributed by atoms with van der Waals surface area (Å²) in [6.07, 6.45) is -0.322. The highest BCUT2D eigenvalue weighted by Crippen LogP contribution is 2.24. The molecule has 0 aliphatic carbocycles. The second-order valence-corrected chi connectivity index (χ2v) is 4.14. The zero-order chi connectivity index (χ0) is 13.5. The first-order valence-electron chi connectivity index (χ1n) is 5.38. The van der Waals surface area contributed by atoms with Crippen molar-refractivity contribution >= 4 is 23.5 Å². The third-order valence-electron chi connectivity index (χ3n) is 2.07. The molecule has 0 spiro atoms. The Hall–Kier alpha value is -1.75. The second-order valence-electron chi connectivity index (χ2n) is 3.73. The van der Waals surface area contributed by atoms with E-state index in [-0.39, 0.29) is 12.3 Å². The average molecular weight is 272 g/mol. The van der Waals surface area contributed by atoms with Gasteiger partial charge >= 0.3 is 5.97 Å². The van der Waals surface area contributed by atoms with Gasteiger partial charge in [0.15, 0.2) is 0 Å². The Labute approximate surface area is 110 Å². The van der Waals surface area contributed by atoms with Crippen LogP contribution in [0.3, 0.4) is 0 Å². The van der Waals surface area contributed by atoms with E-state index in [4.69, 9.17) is 21.4 Å². The summed E-state index contributed by atoms with van der Waals surface area (Å²) in [6.45, 7) is 1.32. The molecule has 1 aromatic rings. The van der Waals surface area contributed by atoms with Gasteiger partial charge in [-0.05, 0) is 19.1 Å². The normalized spacial score (nSPS) is 11.7. The maximum Gasteiger partial charge on any atom is 0.322 e. The molecule has 6 heteroatoms. The van der Waals surface area contributed by atoms with E-state index in [0.29, 0.717) is 10.8 Å². The number of amides is 1. The molecular weight excluding hydrogens is 258 g/mol. The van der Waals surface area contributed by atoms with Crippen LogP contribution in [-0.2, 0) is 9.59 Å². The van der Waals surface area contributed by atoms with Crippen LogP contribution in [0.1, 0.15) is 13.3 Å². The number of carboxylic acids is 1. The van der Waals surface area contributed by atoms with E-state index < -0.39 is 18.6 Å². The van der Waals surface area contributed by atoms with Crippen molar-refractivity contribution in [1.82, 2.24) is 5.32 Å². The zero-order valence-electron chi connectivity index (χ0n) is 9.85. The Morgan fingerprint density at radius 3 is 2.72 bits per heavy atom. The van der Waals surface area contributed by atoms with Crippen molar-refractivity contribution in [3.8, 4) is 5.75 Å². The fourth-order valence-electron chi connectivity index (χ4n) is 1.31. The van der Waals surface area contributed by atoms with Gasteiger partial charge in [0.05, 0.1) is 11.4 Å². The third-order valence-corrected chi connectivity index (χ3v) is 2.39. The van der Waals surface area contributed by atoms with Gasteiger partial charge in [0.1, 0.15) is 18.4 Å². The Morgan fingerprint density at radius 1 is 1.44 bits per heavy atom. The number of carboxylic acid groups (broad SMARTS) is 1. The van der Waals surface area contributed by atoms with Crippen LogP contribution in [-0.4, -0.2) is 29.6 Å². The van der Waals surface area contributed by atoms with Gasteiger partial charge in [-0.1, -0.05) is 23.7 Å². The van der Waals surface area contributed by atoms with Crippen LogP contribution in [0.5, 0.6) is 5.75 Å². The molecule has 0 heterocycles. The van der Waals surface area contributed by atoms with Crippen molar-refractivity contribution in [3.05, 3.63) is 29.3 Å². The molecule has 0 fully saturated rings. The quantitative estimate of drug-likeness (QED) is 0.826. The van der Waals surface area contributed by atoms with Gasteiger partial charge in [-0.25, -0.2) is 0 Å². The predicted molar refractivity (Wildman–Crippen MR) is 66.8 cm³/mol. The summed E-state index contributed by atoms with van der Waals surface area (Å²) in [6, 6.07) is 6.94. The molecule has 0 bridgehead atoms. The van der Waals surface area contributed by atoms with Gasteiger partial charge in [0.25, 0.3) is 0 Å². The molecule has 0 aromatic heterocycles. The minimum atomic E-state index is -1.08. The summed E-state index contributed by atoms with van der Waals surface area (Å²) in [5.41, 5.74) is 0. The van der Waals surface area contributed by atoms with Crippen LogP contribution < -0.4 is 10.1 Å². The highest BCUT2D eigenvalue weighted by atomic mass is 35.5. The lowest BCUT2D eigenvalue weighted by Gasteiger charge is -2.15. The molecule has 18 heavy (non-hydrogen) atoms. The van der Waals surface area contributed by atoms with E-state index in [1.807, 2.05) is 0 Å². The lowest BCUT2D eigenvalue weighted by molar-refractivity contribution is -0.138. The number of carbonyl (C=O) groups is 2. The van der Waals surface area contributed by atoms with E-state index in [0.717, 1.165) is 0 Å². The second kappa shape index (κ2) is 6.86. The van der Waals surface area contributed by atoms with Gasteiger partial charge in [0.2, 0.25) is 5.91 Å². The lowest BCUT2D eigenvalue weighted by atomic mass is 10.2. The summed E-state index contributed by atoms with van der Waals surface area (Å²) >= 11 is 5.90. The monoisotopic (exact) mass is 271 g/mol. The highest BCUT2D eigenvalue weighted by molar-refractivity contribution is 6.32. The molecule has 1 atom stereocenters. The number of hydrogen-bond acceptors (Lipinski definition) is 3. The smallest absolute Gasteiger partial charge is 0.322 e. The van der Waals surface area contributed by atoms with Crippen molar-refractivity contribution < 1.29 is 19.4 Å². The molecular formula is C12H14ClNO4. The van der Waals surface area contributed by atoms with E-state index >= 15 is 0 Å². The van der Waals surface area contributed by atoms with Gasteiger partial charge in [0, 0.05) is 0 Å². The summed E-state index contributed by atoms with van der Waals surface area (Å²) in [4.78, 5) is 21.6. The van der Waals surface area contributed by atoms with Gasteiger partial charge < -0.3 is 15.2 Å². The number of benzene rings is 1. The lowest BCUT2D eigenvalue weighted by Crippen LogP contribution is -2.32. The van der Waals surface area contributed by atoms with Gasteiger partial charge in [-0.2, -0.15) is 0 Å². The van der Waals surface area contributed by atoms with Crippen molar-refractivity contribution in [2.75, 3.05) is 6.54 Å². The first-order valence-corrected chi connectivity index (χ1v) is 5.76. The van der Waals surface area contributed by atoms with Crippen molar-refractivity contribution in [1.29, 1.82) is 0 Å². The summed E-state index contributed by atoms with van der Waals surface area (Å²) in [5, 5.41) is 11.1. The van der Waals surface area contributed by atoms with E-state index in [2.05, 4.69) is 5.32 Å². The Bertz CT molecular complexity index is 436. The third kappa shape index (κ3) is 5.05. The first-order chi connectivity index (χ1) is 8.49. The van der Waals surface area contributed by atoms with E-state index in [1.165, 1.54) is 0 Å². The van der Waals surface area contributed by atoms with Crippen LogP contribution in [0, 0.1) is 0 Å². The largest absolute Gasteiger partial charge is 0.489 e. The number of ether oxygens (including phenoxy) is 1. The minimum Gasteiger partial charge on any atom is -0.489 e. The molecule has 0 radical (unpaired) electrons. The fraction of sp³-hybridized carbons (Fsp3) is 0.333. The van der Waals surface area contributed by atoms with Crippen molar-refractivity contribution in [2.24, 2.45) is 0 Å². The number of rotatable bonds is 6. The molecule has 0 saturated heterocycles. The van der Waals surface area contributed by atoms with Crippen LogP contribution >= 0.6 is 11.6 Å². The maximum atomic E-state index is 11.3. The summed E-state index contributed by atoms with van der Waals surface area (Å²) in [5.74, 6) is -0.960. The molecule has 1 aromatic carbocycles. The van der Waals surface area contributed by atoms with Crippen LogP contribution in [0.15, 0.2) is 24.3 Å². The van der Waals surface area contributed by atoms with Crippen LogP contribution in [0.4, 0.5) is 0 Å². The Kier molecular flexibility index (Phi) is 5.45. The number of hydrogen-bond donors (Lipinski definition) is 2. The maximum absolute atomic E-state index is 11.3. The van der Waals surface area contributed by atoms with Crippen molar-refractivity contribution in [3.63, 3.8) is 0 Å². The Balaban J connectivity index is 2.42. The number of carbonyl (C=O) groups excluding carboxylic acids is 1. The van der Waals surface area contributed by atoms with Gasteiger partial charge in [-0.3, -0.25) is 9.59 Å². The SMILES string of the molecule is CC(CC(=O)NCC(=O)O)Oc1ccccc1Cl. The Morgan fingerprint density at radius 2 is 2.11 bits per heavy atom.